The molecule has 2 aromatic rings. The first kappa shape index (κ1) is 10.1. The third-order valence-electron chi connectivity index (χ3n) is 2.17. The smallest absolute Gasteiger partial charge is 0.184 e. The van der Waals surface area contributed by atoms with Crippen LogP contribution in [0.15, 0.2) is 18.2 Å². The Balaban J connectivity index is 2.59. The molecule has 0 bridgehead atoms. The summed E-state index contributed by atoms with van der Waals surface area (Å²) >= 11 is 5.67. The molecule has 0 unspecified atom stereocenters. The van der Waals surface area contributed by atoms with Gasteiger partial charge in [0.1, 0.15) is 5.82 Å². The number of benzene rings is 1. The van der Waals surface area contributed by atoms with Crippen LogP contribution in [-0.4, -0.2) is 14.8 Å². The van der Waals surface area contributed by atoms with Gasteiger partial charge < -0.3 is 0 Å². The topological polar surface area (TPSA) is 30.7 Å². The summed E-state index contributed by atoms with van der Waals surface area (Å²) in [5, 5.41) is 4.17. The number of hydrogen-bond donors (Lipinski definition) is 0. The Bertz CT molecular complexity index is 488. The Kier molecular flexibility index (Phi) is 2.44. The Morgan fingerprint density at radius 3 is 2.73 bits per heavy atom. The lowest BCUT2D eigenvalue weighted by molar-refractivity contribution is 0.630. The molecule has 15 heavy (non-hydrogen) atoms. The van der Waals surface area contributed by atoms with Crippen molar-refractivity contribution in [1.29, 1.82) is 0 Å². The van der Waals surface area contributed by atoms with Gasteiger partial charge in [0.05, 0.1) is 10.6 Å². The van der Waals surface area contributed by atoms with E-state index in [-0.39, 0.29) is 5.02 Å². The van der Waals surface area contributed by atoms with Crippen molar-refractivity contribution in [3.05, 3.63) is 34.9 Å². The molecule has 1 aromatic carbocycles. The molecule has 0 amide bonds. The fourth-order valence-corrected chi connectivity index (χ4v) is 1.43. The van der Waals surface area contributed by atoms with Gasteiger partial charge in [0, 0.05) is 7.05 Å². The second-order valence-corrected chi connectivity index (χ2v) is 3.61. The van der Waals surface area contributed by atoms with Crippen LogP contribution in [0.2, 0.25) is 5.02 Å². The quantitative estimate of drug-likeness (QED) is 0.747. The van der Waals surface area contributed by atoms with Gasteiger partial charge in [0.15, 0.2) is 11.6 Å². The Hall–Kier alpha value is -1.42. The highest BCUT2D eigenvalue weighted by molar-refractivity contribution is 6.31. The highest BCUT2D eigenvalue weighted by atomic mass is 35.5. The number of aryl methyl sites for hydroxylation is 2. The van der Waals surface area contributed by atoms with E-state index in [0.29, 0.717) is 11.4 Å². The average molecular weight is 226 g/mol. The lowest BCUT2D eigenvalue weighted by Gasteiger charge is -1.98. The lowest BCUT2D eigenvalue weighted by Crippen LogP contribution is -1.93. The van der Waals surface area contributed by atoms with E-state index in [1.54, 1.807) is 30.8 Å². The first-order valence-electron chi connectivity index (χ1n) is 4.41. The molecule has 0 aliphatic rings. The van der Waals surface area contributed by atoms with Crippen LogP contribution in [-0.2, 0) is 7.05 Å². The van der Waals surface area contributed by atoms with Crippen LogP contribution in [0.5, 0.6) is 0 Å². The zero-order chi connectivity index (χ0) is 11.0. The number of aromatic nitrogens is 3. The minimum absolute atomic E-state index is 0.0811. The SMILES string of the molecule is Cc1nc(-c2cccc(Cl)c2F)nn1C. The number of nitrogens with zero attached hydrogens (tertiary/aromatic N) is 3. The van der Waals surface area contributed by atoms with Crippen molar-refractivity contribution in [2.24, 2.45) is 7.05 Å². The molecule has 0 N–H and O–H groups in total. The largest absolute Gasteiger partial charge is 0.253 e. The van der Waals surface area contributed by atoms with Crippen molar-refractivity contribution in [1.82, 2.24) is 14.8 Å². The predicted molar refractivity (Wildman–Crippen MR) is 56.1 cm³/mol. The monoisotopic (exact) mass is 225 g/mol. The molecule has 5 heteroatoms. The van der Waals surface area contributed by atoms with Crippen molar-refractivity contribution < 1.29 is 4.39 Å². The molecule has 2 rings (SSSR count). The normalized spacial score (nSPS) is 10.7. The van der Waals surface area contributed by atoms with Gasteiger partial charge in [-0.25, -0.2) is 9.37 Å². The van der Waals surface area contributed by atoms with Gasteiger partial charge in [-0.3, -0.25) is 4.68 Å². The van der Waals surface area contributed by atoms with E-state index in [1.807, 2.05) is 0 Å². The molecule has 0 atom stereocenters. The van der Waals surface area contributed by atoms with E-state index in [9.17, 15) is 4.39 Å². The maximum atomic E-state index is 13.6. The summed E-state index contributed by atoms with van der Waals surface area (Å²) in [5.41, 5.74) is 0.325. The van der Waals surface area contributed by atoms with E-state index in [0.717, 1.165) is 5.82 Å². The summed E-state index contributed by atoms with van der Waals surface area (Å²) in [4.78, 5) is 4.14. The van der Waals surface area contributed by atoms with Crippen LogP contribution in [0.3, 0.4) is 0 Å². The fourth-order valence-electron chi connectivity index (χ4n) is 1.25. The van der Waals surface area contributed by atoms with Crippen molar-refractivity contribution in [2.75, 3.05) is 0 Å². The van der Waals surface area contributed by atoms with Crippen molar-refractivity contribution >= 4 is 11.6 Å². The van der Waals surface area contributed by atoms with E-state index in [2.05, 4.69) is 10.1 Å². The first-order valence-corrected chi connectivity index (χ1v) is 4.79. The van der Waals surface area contributed by atoms with Crippen LogP contribution in [0, 0.1) is 12.7 Å². The lowest BCUT2D eigenvalue weighted by atomic mass is 10.2. The second kappa shape index (κ2) is 3.62. The van der Waals surface area contributed by atoms with Crippen LogP contribution < -0.4 is 0 Å². The molecule has 0 radical (unpaired) electrons. The van der Waals surface area contributed by atoms with Crippen molar-refractivity contribution in [2.45, 2.75) is 6.92 Å². The van der Waals surface area contributed by atoms with Crippen LogP contribution in [0.1, 0.15) is 5.82 Å². The number of rotatable bonds is 1. The van der Waals surface area contributed by atoms with Gasteiger partial charge in [-0.1, -0.05) is 17.7 Å². The molecule has 0 aliphatic heterocycles. The molecule has 0 saturated heterocycles. The molecule has 1 heterocycles. The maximum Gasteiger partial charge on any atom is 0.184 e. The predicted octanol–water partition coefficient (Wildman–Crippen LogP) is 2.58. The van der Waals surface area contributed by atoms with Crippen LogP contribution in [0.25, 0.3) is 11.4 Å². The molecule has 0 saturated carbocycles. The zero-order valence-corrected chi connectivity index (χ0v) is 9.09. The minimum atomic E-state index is -0.482. The molecule has 3 nitrogen and oxygen atoms in total. The van der Waals surface area contributed by atoms with Gasteiger partial charge in [0.25, 0.3) is 0 Å². The van der Waals surface area contributed by atoms with E-state index in [4.69, 9.17) is 11.6 Å². The summed E-state index contributed by atoms with van der Waals surface area (Å²) in [6, 6.07) is 4.78. The molecule has 0 aliphatic carbocycles. The van der Waals surface area contributed by atoms with E-state index in [1.165, 1.54) is 6.07 Å². The van der Waals surface area contributed by atoms with Gasteiger partial charge in [-0.15, -0.1) is 0 Å². The Morgan fingerprint density at radius 1 is 1.40 bits per heavy atom. The average Bonchev–Trinajstić information content (AvgIpc) is 2.51. The summed E-state index contributed by atoms with van der Waals surface area (Å²) in [7, 11) is 1.76. The highest BCUT2D eigenvalue weighted by Gasteiger charge is 2.13. The molecule has 78 valence electrons. The van der Waals surface area contributed by atoms with Crippen molar-refractivity contribution in [3.63, 3.8) is 0 Å². The zero-order valence-electron chi connectivity index (χ0n) is 8.33. The Labute approximate surface area is 91.5 Å². The molecule has 0 fully saturated rings. The Morgan fingerprint density at radius 2 is 2.13 bits per heavy atom. The summed E-state index contributed by atoms with van der Waals surface area (Å²) in [6.07, 6.45) is 0. The first-order chi connectivity index (χ1) is 7.09. The van der Waals surface area contributed by atoms with Crippen LogP contribution >= 0.6 is 11.6 Å². The van der Waals surface area contributed by atoms with Gasteiger partial charge in [-0.2, -0.15) is 5.10 Å². The number of halogens is 2. The second-order valence-electron chi connectivity index (χ2n) is 3.21. The molecule has 0 spiro atoms. The van der Waals surface area contributed by atoms with Gasteiger partial charge in [0.2, 0.25) is 0 Å². The summed E-state index contributed by atoms with van der Waals surface area (Å²) < 4.78 is 15.2. The van der Waals surface area contributed by atoms with E-state index < -0.39 is 5.82 Å². The van der Waals surface area contributed by atoms with E-state index >= 15 is 0 Å². The maximum absolute atomic E-state index is 13.6. The van der Waals surface area contributed by atoms with Gasteiger partial charge >= 0.3 is 0 Å². The third kappa shape index (κ3) is 1.72. The van der Waals surface area contributed by atoms with Crippen molar-refractivity contribution in [3.8, 4) is 11.4 Å². The standard InChI is InChI=1S/C10H9ClFN3/c1-6-13-10(14-15(6)2)7-4-3-5-8(11)9(7)12/h3-5H,1-2H3. The third-order valence-corrected chi connectivity index (χ3v) is 2.47. The highest BCUT2D eigenvalue weighted by Crippen LogP contribution is 2.24. The molecular weight excluding hydrogens is 217 g/mol. The van der Waals surface area contributed by atoms with Gasteiger partial charge in [-0.05, 0) is 19.1 Å². The van der Waals surface area contributed by atoms with Crippen LogP contribution in [0.4, 0.5) is 4.39 Å². The summed E-state index contributed by atoms with van der Waals surface area (Å²) in [5.74, 6) is 0.601. The number of hydrogen-bond acceptors (Lipinski definition) is 2. The molecule has 1 aromatic heterocycles. The summed E-state index contributed by atoms with van der Waals surface area (Å²) in [6.45, 7) is 1.80. The fraction of sp³-hybridized carbons (Fsp3) is 0.200. The minimum Gasteiger partial charge on any atom is -0.253 e. The molecular formula is C10H9ClFN3.